The minimum atomic E-state index is -0.448. The molecule has 0 spiro atoms. The topological polar surface area (TPSA) is 61.8 Å². The fourth-order valence-corrected chi connectivity index (χ4v) is 1.81. The predicted octanol–water partition coefficient (Wildman–Crippen LogP) is 1.99. The molecule has 1 rings (SSSR count). The van der Waals surface area contributed by atoms with Crippen molar-refractivity contribution in [1.29, 1.82) is 0 Å². The number of carbonyl (C=O) groups excluding carboxylic acids is 1. The SMILES string of the molecule is CC(C)(CO)CNCCN(C(=O)OC(C)(C)C)C1CC1. The molecule has 0 aromatic carbocycles. The number of nitrogens with one attached hydrogen (secondary N) is 1. The van der Waals surface area contributed by atoms with Crippen LogP contribution in [0, 0.1) is 5.41 Å². The van der Waals surface area contributed by atoms with Crippen LogP contribution in [0.25, 0.3) is 0 Å². The van der Waals surface area contributed by atoms with Crippen LogP contribution in [0.3, 0.4) is 0 Å². The summed E-state index contributed by atoms with van der Waals surface area (Å²) in [6.07, 6.45) is 1.92. The van der Waals surface area contributed by atoms with E-state index in [2.05, 4.69) is 5.32 Å². The van der Waals surface area contributed by atoms with Crippen molar-refractivity contribution >= 4 is 6.09 Å². The van der Waals surface area contributed by atoms with Gasteiger partial charge in [-0.3, -0.25) is 0 Å². The van der Waals surface area contributed by atoms with Gasteiger partial charge in [-0.1, -0.05) is 13.8 Å². The minimum Gasteiger partial charge on any atom is -0.444 e. The molecule has 5 nitrogen and oxygen atoms in total. The first-order valence-corrected chi connectivity index (χ1v) is 7.46. The molecule has 0 radical (unpaired) electrons. The molecule has 1 aliphatic rings. The van der Waals surface area contributed by atoms with Gasteiger partial charge in [0.15, 0.2) is 0 Å². The molecule has 1 fully saturated rings. The summed E-state index contributed by atoms with van der Waals surface area (Å²) in [6, 6.07) is 0.345. The molecule has 0 aromatic rings. The van der Waals surface area contributed by atoms with Crippen LogP contribution in [0.15, 0.2) is 0 Å². The third-order valence-electron chi connectivity index (χ3n) is 3.18. The van der Waals surface area contributed by atoms with Crippen LogP contribution in [0.1, 0.15) is 47.5 Å². The second-order valence-electron chi connectivity index (χ2n) is 7.40. The van der Waals surface area contributed by atoms with E-state index in [4.69, 9.17) is 4.74 Å². The molecule has 0 unspecified atom stereocenters. The van der Waals surface area contributed by atoms with Gasteiger partial charge in [-0.15, -0.1) is 0 Å². The van der Waals surface area contributed by atoms with E-state index < -0.39 is 5.60 Å². The zero-order valence-corrected chi connectivity index (χ0v) is 13.5. The molecule has 118 valence electrons. The van der Waals surface area contributed by atoms with Crippen LogP contribution >= 0.6 is 0 Å². The molecule has 1 aliphatic carbocycles. The predicted molar refractivity (Wildman–Crippen MR) is 79.7 cm³/mol. The highest BCUT2D eigenvalue weighted by Crippen LogP contribution is 2.28. The molecule has 0 aromatic heterocycles. The van der Waals surface area contributed by atoms with Gasteiger partial charge in [0, 0.05) is 37.7 Å². The van der Waals surface area contributed by atoms with Crippen molar-refractivity contribution in [3.63, 3.8) is 0 Å². The Morgan fingerprint density at radius 2 is 1.90 bits per heavy atom. The molecular weight excluding hydrogens is 256 g/mol. The Bertz CT molecular complexity index is 320. The van der Waals surface area contributed by atoms with Crippen LogP contribution in [0.2, 0.25) is 0 Å². The molecule has 0 aliphatic heterocycles. The summed E-state index contributed by atoms with van der Waals surface area (Å²) in [5, 5.41) is 12.5. The Balaban J connectivity index is 2.35. The van der Waals surface area contributed by atoms with E-state index in [0.717, 1.165) is 25.9 Å². The van der Waals surface area contributed by atoms with Gasteiger partial charge in [-0.05, 0) is 33.6 Å². The van der Waals surface area contributed by atoms with Gasteiger partial charge in [-0.2, -0.15) is 0 Å². The van der Waals surface area contributed by atoms with Crippen LogP contribution in [0.4, 0.5) is 4.79 Å². The largest absolute Gasteiger partial charge is 0.444 e. The van der Waals surface area contributed by atoms with Gasteiger partial charge in [0.1, 0.15) is 5.60 Å². The van der Waals surface area contributed by atoms with Gasteiger partial charge in [0.2, 0.25) is 0 Å². The zero-order chi connectivity index (χ0) is 15.4. The first-order chi connectivity index (χ1) is 9.14. The third kappa shape index (κ3) is 6.57. The molecular formula is C15H30N2O3. The summed E-state index contributed by atoms with van der Waals surface area (Å²) in [4.78, 5) is 13.9. The number of ether oxygens (including phenoxy) is 1. The van der Waals surface area contributed by atoms with Crippen LogP contribution in [-0.4, -0.2) is 54.0 Å². The Hall–Kier alpha value is -0.810. The maximum atomic E-state index is 12.1. The number of nitrogens with zero attached hydrogens (tertiary/aromatic N) is 1. The van der Waals surface area contributed by atoms with E-state index in [0.29, 0.717) is 12.6 Å². The smallest absolute Gasteiger partial charge is 0.410 e. The highest BCUT2D eigenvalue weighted by atomic mass is 16.6. The second kappa shape index (κ2) is 6.76. The number of aliphatic hydroxyl groups is 1. The van der Waals surface area contributed by atoms with Crippen molar-refractivity contribution in [2.75, 3.05) is 26.2 Å². The standard InChI is InChI=1S/C15H30N2O3/c1-14(2,3)20-13(19)17(12-6-7-12)9-8-16-10-15(4,5)11-18/h12,16,18H,6-11H2,1-5H3. The number of carbonyl (C=O) groups is 1. The van der Waals surface area contributed by atoms with Crippen molar-refractivity contribution in [1.82, 2.24) is 10.2 Å². The maximum Gasteiger partial charge on any atom is 0.410 e. The molecule has 5 heteroatoms. The summed E-state index contributed by atoms with van der Waals surface area (Å²) in [6.45, 7) is 11.9. The van der Waals surface area contributed by atoms with E-state index in [1.807, 2.05) is 39.5 Å². The Kier molecular flexibility index (Phi) is 5.83. The molecule has 0 bridgehead atoms. The maximum absolute atomic E-state index is 12.1. The number of rotatable bonds is 7. The van der Waals surface area contributed by atoms with Crippen molar-refractivity contribution in [2.24, 2.45) is 5.41 Å². The van der Waals surface area contributed by atoms with Crippen molar-refractivity contribution < 1.29 is 14.6 Å². The van der Waals surface area contributed by atoms with Crippen molar-refractivity contribution in [2.45, 2.75) is 59.1 Å². The average Bonchev–Trinajstić information content (AvgIpc) is 3.10. The number of hydrogen-bond donors (Lipinski definition) is 2. The first kappa shape index (κ1) is 17.2. The molecule has 1 amide bonds. The molecule has 2 N–H and O–H groups in total. The third-order valence-corrected chi connectivity index (χ3v) is 3.18. The highest BCUT2D eigenvalue weighted by molar-refractivity contribution is 5.69. The first-order valence-electron chi connectivity index (χ1n) is 7.46. The zero-order valence-electron chi connectivity index (χ0n) is 13.5. The summed E-state index contributed by atoms with van der Waals surface area (Å²) in [5.74, 6) is 0. The van der Waals surface area contributed by atoms with Gasteiger partial charge in [0.05, 0.1) is 0 Å². The van der Waals surface area contributed by atoms with E-state index >= 15 is 0 Å². The molecule has 0 saturated heterocycles. The normalized spacial score (nSPS) is 16.1. The van der Waals surface area contributed by atoms with E-state index in [1.165, 1.54) is 0 Å². The molecule has 0 atom stereocenters. The fourth-order valence-electron chi connectivity index (χ4n) is 1.81. The summed E-state index contributed by atoms with van der Waals surface area (Å²) in [7, 11) is 0. The highest BCUT2D eigenvalue weighted by Gasteiger charge is 2.34. The summed E-state index contributed by atoms with van der Waals surface area (Å²) in [5.41, 5.74) is -0.577. The van der Waals surface area contributed by atoms with Crippen LogP contribution in [-0.2, 0) is 4.74 Å². The van der Waals surface area contributed by atoms with Crippen LogP contribution < -0.4 is 5.32 Å². The lowest BCUT2D eigenvalue weighted by Crippen LogP contribution is -2.43. The average molecular weight is 286 g/mol. The van der Waals surface area contributed by atoms with E-state index in [9.17, 15) is 9.90 Å². The number of aliphatic hydroxyl groups excluding tert-OH is 1. The van der Waals surface area contributed by atoms with Gasteiger partial charge >= 0.3 is 6.09 Å². The second-order valence-corrected chi connectivity index (χ2v) is 7.40. The molecule has 0 heterocycles. The van der Waals surface area contributed by atoms with Crippen molar-refractivity contribution in [3.05, 3.63) is 0 Å². The number of hydrogen-bond acceptors (Lipinski definition) is 4. The summed E-state index contributed by atoms with van der Waals surface area (Å²) < 4.78 is 5.44. The Morgan fingerprint density at radius 3 is 2.35 bits per heavy atom. The molecule has 1 saturated carbocycles. The van der Waals surface area contributed by atoms with Gasteiger partial charge in [0.25, 0.3) is 0 Å². The monoisotopic (exact) mass is 286 g/mol. The number of amides is 1. The van der Waals surface area contributed by atoms with Crippen molar-refractivity contribution in [3.8, 4) is 0 Å². The van der Waals surface area contributed by atoms with Gasteiger partial charge in [-0.25, -0.2) is 4.79 Å². The Labute approximate surface area is 122 Å². The quantitative estimate of drug-likeness (QED) is 0.703. The van der Waals surface area contributed by atoms with E-state index in [-0.39, 0.29) is 18.1 Å². The lowest BCUT2D eigenvalue weighted by molar-refractivity contribution is 0.0234. The fraction of sp³-hybridized carbons (Fsp3) is 0.933. The van der Waals surface area contributed by atoms with Crippen LogP contribution in [0.5, 0.6) is 0 Å². The molecule has 20 heavy (non-hydrogen) atoms. The lowest BCUT2D eigenvalue weighted by atomic mass is 9.95. The van der Waals surface area contributed by atoms with Gasteiger partial charge < -0.3 is 20.1 Å². The Morgan fingerprint density at radius 1 is 1.30 bits per heavy atom. The minimum absolute atomic E-state index is 0.129. The summed E-state index contributed by atoms with van der Waals surface area (Å²) >= 11 is 0. The lowest BCUT2D eigenvalue weighted by Gasteiger charge is -2.28. The van der Waals surface area contributed by atoms with E-state index in [1.54, 1.807) is 0 Å².